The minimum Gasteiger partial charge on any atom is -0.380 e. The maximum absolute atomic E-state index is 12.2. The normalized spacial score (nSPS) is 17.6. The summed E-state index contributed by atoms with van der Waals surface area (Å²) >= 11 is 0. The van der Waals surface area contributed by atoms with Crippen molar-refractivity contribution in [3.63, 3.8) is 0 Å². The number of aromatic nitrogens is 2. The van der Waals surface area contributed by atoms with Crippen LogP contribution in [-0.4, -0.2) is 38.7 Å². The minimum atomic E-state index is -4.71. The molecule has 1 aromatic heterocycles. The molecule has 18 heavy (non-hydrogen) atoms. The molecule has 1 amide bonds. The minimum absolute atomic E-state index is 0.249. The summed E-state index contributed by atoms with van der Waals surface area (Å²) in [7, 11) is 1.35. The molecule has 0 bridgehead atoms. The van der Waals surface area contributed by atoms with Crippen LogP contribution in [0.15, 0.2) is 4.52 Å². The fourth-order valence-corrected chi connectivity index (χ4v) is 1.40. The van der Waals surface area contributed by atoms with Gasteiger partial charge in [-0.25, -0.2) is 0 Å². The highest BCUT2D eigenvalue weighted by Crippen LogP contribution is 2.36. The fraction of sp³-hybridized carbons (Fsp3) is 0.667. The lowest BCUT2D eigenvalue weighted by atomic mass is 10.3. The molecule has 9 heteroatoms. The Bertz CT molecular complexity index is 467. The quantitative estimate of drug-likeness (QED) is 0.864. The Hall–Kier alpha value is -1.64. The average molecular weight is 265 g/mol. The van der Waals surface area contributed by atoms with Crippen molar-refractivity contribution in [1.82, 2.24) is 15.0 Å². The third-order valence-corrected chi connectivity index (χ3v) is 2.56. The van der Waals surface area contributed by atoms with Gasteiger partial charge in [0, 0.05) is 7.05 Å². The second-order valence-electron chi connectivity index (χ2n) is 4.21. The van der Waals surface area contributed by atoms with E-state index in [0.29, 0.717) is 12.8 Å². The van der Waals surface area contributed by atoms with Crippen LogP contribution in [0.4, 0.5) is 13.2 Å². The van der Waals surface area contributed by atoms with Gasteiger partial charge < -0.3 is 14.5 Å². The molecule has 0 unspecified atom stereocenters. The van der Waals surface area contributed by atoms with Crippen molar-refractivity contribution in [2.45, 2.75) is 31.2 Å². The number of amides is 1. The molecule has 100 valence electrons. The van der Waals surface area contributed by atoms with E-state index in [1.807, 2.05) is 0 Å². The smallest absolute Gasteiger partial charge is 0.380 e. The maximum Gasteiger partial charge on any atom is 0.471 e. The molecule has 1 aliphatic rings. The lowest BCUT2D eigenvalue weighted by Crippen LogP contribution is -2.37. The zero-order valence-electron chi connectivity index (χ0n) is 9.36. The van der Waals surface area contributed by atoms with Gasteiger partial charge >= 0.3 is 12.1 Å². The van der Waals surface area contributed by atoms with E-state index in [9.17, 15) is 23.1 Å². The maximum atomic E-state index is 12.2. The molecule has 1 heterocycles. The Balaban J connectivity index is 2.01. The van der Waals surface area contributed by atoms with E-state index in [1.54, 1.807) is 0 Å². The van der Waals surface area contributed by atoms with Gasteiger partial charge in [-0.1, -0.05) is 5.16 Å². The number of hydrogen-bond donors (Lipinski definition) is 1. The number of halogens is 3. The monoisotopic (exact) mass is 265 g/mol. The fourth-order valence-electron chi connectivity index (χ4n) is 1.40. The summed E-state index contributed by atoms with van der Waals surface area (Å²) in [6, 6.07) is 0. The zero-order valence-corrected chi connectivity index (χ0v) is 9.36. The molecule has 6 nitrogen and oxygen atoms in total. The molecule has 0 radical (unpaired) electrons. The van der Waals surface area contributed by atoms with E-state index in [1.165, 1.54) is 7.05 Å². The summed E-state index contributed by atoms with van der Waals surface area (Å²) in [5.41, 5.74) is -1.37. The summed E-state index contributed by atoms with van der Waals surface area (Å²) in [5, 5.41) is 12.7. The molecule has 0 aromatic carbocycles. The van der Waals surface area contributed by atoms with Crippen LogP contribution in [-0.2, 0) is 17.5 Å². The first kappa shape index (κ1) is 12.8. The summed E-state index contributed by atoms with van der Waals surface area (Å²) in [6.07, 6.45) is -3.99. The van der Waals surface area contributed by atoms with Gasteiger partial charge in [0.25, 0.3) is 5.91 Å². The van der Waals surface area contributed by atoms with Crippen molar-refractivity contribution < 1.29 is 27.6 Å². The number of carbonyl (C=O) groups excluding carboxylic acids is 1. The molecule has 1 fully saturated rings. The first-order valence-electron chi connectivity index (χ1n) is 5.10. The number of likely N-dealkylation sites (N-methyl/N-ethyl adjacent to an activating group) is 1. The number of hydrogen-bond acceptors (Lipinski definition) is 5. The van der Waals surface area contributed by atoms with Crippen molar-refractivity contribution in [2.24, 2.45) is 0 Å². The SMILES string of the molecule is CN(Cc1noc(C(F)(F)F)n1)C(=O)C1(O)CC1. The van der Waals surface area contributed by atoms with Crippen LogP contribution < -0.4 is 0 Å². The lowest BCUT2D eigenvalue weighted by molar-refractivity contribution is -0.159. The van der Waals surface area contributed by atoms with Crippen LogP contribution in [0.2, 0.25) is 0 Å². The second-order valence-corrected chi connectivity index (χ2v) is 4.21. The standard InChI is InChI=1S/C9H10F3N3O3/c1-15(7(16)8(17)2-3-8)4-5-13-6(18-14-5)9(10,11)12/h17H,2-4H2,1H3. The zero-order chi connectivity index (χ0) is 13.6. The van der Waals surface area contributed by atoms with Crippen molar-refractivity contribution in [2.75, 3.05) is 7.05 Å². The van der Waals surface area contributed by atoms with E-state index in [0.717, 1.165) is 4.90 Å². The largest absolute Gasteiger partial charge is 0.471 e. The lowest BCUT2D eigenvalue weighted by Gasteiger charge is -2.18. The number of aliphatic hydroxyl groups is 1. The van der Waals surface area contributed by atoms with Gasteiger partial charge in [-0.05, 0) is 12.8 Å². The molecule has 0 aliphatic heterocycles. The van der Waals surface area contributed by atoms with Crippen molar-refractivity contribution in [3.05, 3.63) is 11.7 Å². The predicted octanol–water partition coefficient (Wildman–Crippen LogP) is 0.572. The topological polar surface area (TPSA) is 79.5 Å². The number of alkyl halides is 3. The average Bonchev–Trinajstić information content (AvgIpc) is 2.83. The van der Waals surface area contributed by atoms with Crippen LogP contribution in [0, 0.1) is 0 Å². The third-order valence-electron chi connectivity index (χ3n) is 2.56. The Morgan fingerprint density at radius 3 is 2.61 bits per heavy atom. The van der Waals surface area contributed by atoms with E-state index in [4.69, 9.17) is 0 Å². The van der Waals surface area contributed by atoms with Crippen molar-refractivity contribution in [1.29, 1.82) is 0 Å². The molecule has 1 saturated carbocycles. The van der Waals surface area contributed by atoms with Gasteiger partial charge in [0.2, 0.25) is 0 Å². The molecule has 0 spiro atoms. The number of nitrogens with zero attached hydrogens (tertiary/aromatic N) is 3. The summed E-state index contributed by atoms with van der Waals surface area (Å²) < 4.78 is 40.6. The Kier molecular flexibility index (Phi) is 2.80. The summed E-state index contributed by atoms with van der Waals surface area (Å²) in [4.78, 5) is 15.8. The van der Waals surface area contributed by atoms with Crippen LogP contribution >= 0.6 is 0 Å². The molecular formula is C9H10F3N3O3. The van der Waals surface area contributed by atoms with Gasteiger partial charge in [0.15, 0.2) is 5.82 Å². The predicted molar refractivity (Wildman–Crippen MR) is 50.0 cm³/mol. The van der Waals surface area contributed by atoms with E-state index in [-0.39, 0.29) is 12.4 Å². The number of carbonyl (C=O) groups is 1. The second kappa shape index (κ2) is 3.94. The third kappa shape index (κ3) is 2.45. The van der Waals surface area contributed by atoms with E-state index < -0.39 is 23.6 Å². The van der Waals surface area contributed by atoms with Crippen LogP contribution in [0.5, 0.6) is 0 Å². The molecular weight excluding hydrogens is 255 g/mol. The van der Waals surface area contributed by atoms with Gasteiger partial charge in [-0.2, -0.15) is 18.2 Å². The first-order valence-corrected chi connectivity index (χ1v) is 5.10. The van der Waals surface area contributed by atoms with Gasteiger partial charge in [0.05, 0.1) is 6.54 Å². The molecule has 0 saturated heterocycles. The summed E-state index contributed by atoms with van der Waals surface area (Å²) in [5.74, 6) is -2.27. The van der Waals surface area contributed by atoms with Gasteiger partial charge in [-0.3, -0.25) is 4.79 Å². The van der Waals surface area contributed by atoms with E-state index in [2.05, 4.69) is 14.7 Å². The molecule has 2 rings (SSSR count). The Morgan fingerprint density at radius 2 is 2.17 bits per heavy atom. The van der Waals surface area contributed by atoms with Gasteiger partial charge in [-0.15, -0.1) is 0 Å². The van der Waals surface area contributed by atoms with E-state index >= 15 is 0 Å². The van der Waals surface area contributed by atoms with Crippen LogP contribution in [0.3, 0.4) is 0 Å². The Labute approximate surface area is 99.4 Å². The number of rotatable bonds is 3. The molecule has 0 atom stereocenters. The van der Waals surface area contributed by atoms with Gasteiger partial charge in [0.1, 0.15) is 5.60 Å². The van der Waals surface area contributed by atoms with Crippen LogP contribution in [0.1, 0.15) is 24.6 Å². The Morgan fingerprint density at radius 1 is 1.56 bits per heavy atom. The van der Waals surface area contributed by atoms with Crippen LogP contribution in [0.25, 0.3) is 0 Å². The summed E-state index contributed by atoms with van der Waals surface area (Å²) in [6.45, 7) is -0.249. The van der Waals surface area contributed by atoms with Crippen molar-refractivity contribution in [3.8, 4) is 0 Å². The highest BCUT2D eigenvalue weighted by atomic mass is 19.4. The van der Waals surface area contributed by atoms with Crippen molar-refractivity contribution >= 4 is 5.91 Å². The first-order chi connectivity index (χ1) is 8.22. The molecule has 1 aromatic rings. The molecule has 1 aliphatic carbocycles. The highest BCUT2D eigenvalue weighted by Gasteiger charge is 2.49. The molecule has 1 N–H and O–H groups in total. The highest BCUT2D eigenvalue weighted by molar-refractivity contribution is 5.87.